The van der Waals surface area contributed by atoms with E-state index in [1.54, 1.807) is 12.1 Å². The topological polar surface area (TPSA) is 58.7 Å². The first-order chi connectivity index (χ1) is 6.95. The van der Waals surface area contributed by atoms with Crippen LogP contribution in [0.3, 0.4) is 0 Å². The van der Waals surface area contributed by atoms with E-state index in [1.807, 2.05) is 26.2 Å². The summed E-state index contributed by atoms with van der Waals surface area (Å²) < 4.78 is 15.4. The lowest BCUT2D eigenvalue weighted by molar-refractivity contribution is 0.402. The molecule has 1 rings (SSSR count). The van der Waals surface area contributed by atoms with Gasteiger partial charge >= 0.3 is 0 Å². The molecule has 84 valence electrons. The minimum Gasteiger partial charge on any atom is -0.305 e. The van der Waals surface area contributed by atoms with Crippen LogP contribution in [0.15, 0.2) is 33.5 Å². The standard InChI is InChI=1S/C10H17N3OS/c1-12-15(11,14)10-6-4-9(5-7-10)8-13(2)3/h4-7H,8H2,1-3H3,(H2,11,12,14). The Kier molecular flexibility index (Phi) is 3.84. The average molecular weight is 227 g/mol. The quantitative estimate of drug-likeness (QED) is 0.840. The summed E-state index contributed by atoms with van der Waals surface area (Å²) in [6.45, 7) is 0.856. The van der Waals surface area contributed by atoms with Crippen LogP contribution in [0.2, 0.25) is 0 Å². The van der Waals surface area contributed by atoms with Crippen LogP contribution in [0.25, 0.3) is 0 Å². The lowest BCUT2D eigenvalue weighted by atomic mass is 10.2. The summed E-state index contributed by atoms with van der Waals surface area (Å²) in [5, 5.41) is 5.54. The zero-order chi connectivity index (χ0) is 11.5. The van der Waals surface area contributed by atoms with Gasteiger partial charge in [-0.2, -0.15) is 0 Å². The highest BCUT2D eigenvalue weighted by molar-refractivity contribution is 7.91. The fourth-order valence-corrected chi connectivity index (χ4v) is 2.00. The lowest BCUT2D eigenvalue weighted by Gasteiger charge is -2.10. The molecule has 1 aromatic rings. The molecule has 1 aromatic carbocycles. The van der Waals surface area contributed by atoms with E-state index in [-0.39, 0.29) is 0 Å². The van der Waals surface area contributed by atoms with E-state index in [4.69, 9.17) is 5.14 Å². The molecular formula is C10H17N3OS. The van der Waals surface area contributed by atoms with Crippen LogP contribution < -0.4 is 5.14 Å². The van der Waals surface area contributed by atoms with E-state index in [9.17, 15) is 4.21 Å². The number of rotatable bonds is 3. The van der Waals surface area contributed by atoms with Crippen molar-refractivity contribution in [2.75, 3.05) is 21.1 Å². The molecule has 0 fully saturated rings. The average Bonchev–Trinajstić information content (AvgIpc) is 2.18. The van der Waals surface area contributed by atoms with Crippen LogP contribution in [0.5, 0.6) is 0 Å². The fourth-order valence-electron chi connectivity index (χ4n) is 1.26. The van der Waals surface area contributed by atoms with Crippen LogP contribution >= 0.6 is 0 Å². The highest BCUT2D eigenvalue weighted by Gasteiger charge is 2.04. The van der Waals surface area contributed by atoms with Crippen molar-refractivity contribution in [1.29, 1.82) is 0 Å². The number of hydrogen-bond acceptors (Lipinski definition) is 3. The molecule has 0 spiro atoms. The van der Waals surface area contributed by atoms with Gasteiger partial charge in [-0.1, -0.05) is 12.1 Å². The zero-order valence-electron chi connectivity index (χ0n) is 9.30. The van der Waals surface area contributed by atoms with Gasteiger partial charge in [-0.3, -0.25) is 0 Å². The van der Waals surface area contributed by atoms with Gasteiger partial charge in [0.25, 0.3) is 0 Å². The number of hydrogen-bond donors (Lipinski definition) is 1. The number of nitrogens with zero attached hydrogens (tertiary/aromatic N) is 2. The Morgan fingerprint density at radius 2 is 1.87 bits per heavy atom. The van der Waals surface area contributed by atoms with E-state index in [0.29, 0.717) is 4.90 Å². The summed E-state index contributed by atoms with van der Waals surface area (Å²) >= 11 is 0. The summed E-state index contributed by atoms with van der Waals surface area (Å²) in [4.78, 5) is 2.64. The highest BCUT2D eigenvalue weighted by Crippen LogP contribution is 2.11. The Balaban J connectivity index is 2.96. The molecule has 0 heterocycles. The molecule has 0 radical (unpaired) electrons. The second-order valence-electron chi connectivity index (χ2n) is 3.63. The fraction of sp³-hybridized carbons (Fsp3) is 0.400. The van der Waals surface area contributed by atoms with E-state index in [0.717, 1.165) is 12.1 Å². The minimum absolute atomic E-state index is 0.576. The molecular weight excluding hydrogens is 210 g/mol. The summed E-state index contributed by atoms with van der Waals surface area (Å²) in [5.41, 5.74) is 1.16. The van der Waals surface area contributed by atoms with Crippen LogP contribution in [-0.4, -0.2) is 30.3 Å². The van der Waals surface area contributed by atoms with Gasteiger partial charge in [0, 0.05) is 13.6 Å². The van der Waals surface area contributed by atoms with Crippen molar-refractivity contribution in [1.82, 2.24) is 4.90 Å². The maximum Gasteiger partial charge on any atom is 0.134 e. The Morgan fingerprint density at radius 3 is 2.27 bits per heavy atom. The van der Waals surface area contributed by atoms with Crippen LogP contribution in [0, 0.1) is 0 Å². The van der Waals surface area contributed by atoms with Gasteiger partial charge in [-0.25, -0.2) is 13.7 Å². The van der Waals surface area contributed by atoms with Crippen molar-refractivity contribution in [2.45, 2.75) is 11.4 Å². The molecule has 5 heteroatoms. The molecule has 0 aliphatic heterocycles. The van der Waals surface area contributed by atoms with E-state index in [1.165, 1.54) is 7.05 Å². The predicted octanol–water partition coefficient (Wildman–Crippen LogP) is 1.08. The Hall–Kier alpha value is -0.910. The van der Waals surface area contributed by atoms with E-state index < -0.39 is 9.92 Å². The van der Waals surface area contributed by atoms with E-state index >= 15 is 0 Å². The van der Waals surface area contributed by atoms with Crippen molar-refractivity contribution >= 4 is 9.92 Å². The third-order valence-electron chi connectivity index (χ3n) is 2.03. The summed E-state index contributed by atoms with van der Waals surface area (Å²) in [7, 11) is 2.79. The molecule has 15 heavy (non-hydrogen) atoms. The van der Waals surface area contributed by atoms with E-state index in [2.05, 4.69) is 9.26 Å². The van der Waals surface area contributed by atoms with Crippen LogP contribution in [-0.2, 0) is 16.5 Å². The Bertz CT molecular complexity index is 430. The third-order valence-corrected chi connectivity index (χ3v) is 3.52. The largest absolute Gasteiger partial charge is 0.305 e. The van der Waals surface area contributed by atoms with Crippen molar-refractivity contribution in [3.63, 3.8) is 0 Å². The monoisotopic (exact) mass is 227 g/mol. The first-order valence-corrected chi connectivity index (χ1v) is 6.20. The van der Waals surface area contributed by atoms with Crippen molar-refractivity contribution in [2.24, 2.45) is 9.50 Å². The maximum atomic E-state index is 11.7. The smallest absolute Gasteiger partial charge is 0.134 e. The van der Waals surface area contributed by atoms with Gasteiger partial charge in [-0.15, -0.1) is 0 Å². The zero-order valence-corrected chi connectivity index (χ0v) is 10.1. The second-order valence-corrected chi connectivity index (χ2v) is 5.61. The molecule has 0 aliphatic rings. The van der Waals surface area contributed by atoms with Gasteiger partial charge < -0.3 is 4.90 Å². The summed E-state index contributed by atoms with van der Waals surface area (Å²) in [6.07, 6.45) is 0. The molecule has 0 aliphatic carbocycles. The molecule has 0 saturated carbocycles. The molecule has 2 N–H and O–H groups in total. The first kappa shape index (κ1) is 12.2. The number of benzene rings is 1. The molecule has 0 bridgehead atoms. The summed E-state index contributed by atoms with van der Waals surface area (Å²) in [5.74, 6) is 0. The first-order valence-electron chi connectivity index (χ1n) is 4.62. The normalized spacial score (nSPS) is 15.0. The molecule has 4 nitrogen and oxygen atoms in total. The second kappa shape index (κ2) is 4.74. The molecule has 0 aromatic heterocycles. The van der Waals surface area contributed by atoms with Crippen molar-refractivity contribution in [3.05, 3.63) is 29.8 Å². The Morgan fingerprint density at radius 1 is 1.33 bits per heavy atom. The van der Waals surface area contributed by atoms with Crippen LogP contribution in [0.4, 0.5) is 0 Å². The highest BCUT2D eigenvalue weighted by atomic mass is 32.2. The Labute approximate surface area is 91.4 Å². The van der Waals surface area contributed by atoms with Gasteiger partial charge in [0.05, 0.1) is 4.90 Å². The van der Waals surface area contributed by atoms with Crippen molar-refractivity contribution in [3.8, 4) is 0 Å². The minimum atomic E-state index is -2.68. The third kappa shape index (κ3) is 3.30. The number of nitrogens with two attached hydrogens (primary N) is 1. The van der Waals surface area contributed by atoms with Gasteiger partial charge in [-0.05, 0) is 31.8 Å². The van der Waals surface area contributed by atoms with Gasteiger partial charge in [0.2, 0.25) is 0 Å². The van der Waals surface area contributed by atoms with Gasteiger partial charge in [0.15, 0.2) is 0 Å². The SMILES string of the molecule is CN=S(N)(=O)c1ccc(CN(C)C)cc1. The molecule has 0 amide bonds. The summed E-state index contributed by atoms with van der Waals surface area (Å²) in [6, 6.07) is 7.39. The molecule has 1 unspecified atom stereocenters. The molecule has 0 saturated heterocycles. The predicted molar refractivity (Wildman–Crippen MR) is 62.8 cm³/mol. The maximum absolute atomic E-state index is 11.7. The van der Waals surface area contributed by atoms with Gasteiger partial charge in [0.1, 0.15) is 9.92 Å². The van der Waals surface area contributed by atoms with Crippen LogP contribution in [0.1, 0.15) is 5.56 Å². The van der Waals surface area contributed by atoms with Crippen molar-refractivity contribution < 1.29 is 4.21 Å². The molecule has 1 atom stereocenters. The lowest BCUT2D eigenvalue weighted by Crippen LogP contribution is -2.13.